The molecule has 1 N–H and O–H groups in total. The van der Waals surface area contributed by atoms with Gasteiger partial charge in [-0.05, 0) is 36.2 Å². The molecule has 20 heavy (non-hydrogen) atoms. The molecular formula is C17H20FNO. The van der Waals surface area contributed by atoms with Crippen molar-refractivity contribution >= 4 is 0 Å². The normalized spacial score (nSPS) is 10.8. The van der Waals surface area contributed by atoms with Crippen molar-refractivity contribution in [2.24, 2.45) is 0 Å². The van der Waals surface area contributed by atoms with Gasteiger partial charge in [-0.1, -0.05) is 32.0 Å². The minimum atomic E-state index is -0.250. The predicted octanol–water partition coefficient (Wildman–Crippen LogP) is 4.42. The van der Waals surface area contributed by atoms with Crippen LogP contribution in [0.5, 0.6) is 11.5 Å². The van der Waals surface area contributed by atoms with Gasteiger partial charge in [0.2, 0.25) is 0 Å². The first-order chi connectivity index (χ1) is 9.54. The van der Waals surface area contributed by atoms with Gasteiger partial charge in [-0.3, -0.25) is 0 Å². The molecule has 0 aliphatic rings. The molecule has 0 fully saturated rings. The lowest BCUT2D eigenvalue weighted by Crippen LogP contribution is -2.21. The van der Waals surface area contributed by atoms with Crippen LogP contribution in [0.2, 0.25) is 0 Å². The van der Waals surface area contributed by atoms with Gasteiger partial charge in [0, 0.05) is 18.7 Å². The molecule has 0 amide bonds. The van der Waals surface area contributed by atoms with Gasteiger partial charge in [0.1, 0.15) is 17.3 Å². The summed E-state index contributed by atoms with van der Waals surface area (Å²) in [6.45, 7) is 6.74. The van der Waals surface area contributed by atoms with Crippen molar-refractivity contribution in [1.82, 2.24) is 5.32 Å². The van der Waals surface area contributed by atoms with E-state index in [0.29, 0.717) is 17.4 Å². The zero-order chi connectivity index (χ0) is 14.5. The molecular weight excluding hydrogens is 253 g/mol. The maximum absolute atomic E-state index is 13.5. The van der Waals surface area contributed by atoms with Crippen molar-refractivity contribution < 1.29 is 9.13 Å². The van der Waals surface area contributed by atoms with Crippen LogP contribution in [0.1, 0.15) is 25.0 Å². The van der Waals surface area contributed by atoms with Crippen molar-refractivity contribution in [3.63, 3.8) is 0 Å². The Balaban J connectivity index is 2.08. The third-order valence-corrected chi connectivity index (χ3v) is 2.99. The highest BCUT2D eigenvalue weighted by atomic mass is 19.1. The largest absolute Gasteiger partial charge is 0.457 e. The standard InChI is InChI=1S/C17H20FNO/c1-12(2)19-11-14-5-4-6-15(9-14)20-16-8-7-13(3)17(18)10-16/h4-10,12,19H,11H2,1-3H3. The van der Waals surface area contributed by atoms with Crippen LogP contribution < -0.4 is 10.1 Å². The van der Waals surface area contributed by atoms with Crippen molar-refractivity contribution in [2.75, 3.05) is 0 Å². The molecule has 0 bridgehead atoms. The number of ether oxygens (including phenoxy) is 1. The Morgan fingerprint density at radius 2 is 1.85 bits per heavy atom. The average Bonchev–Trinajstić information content (AvgIpc) is 2.41. The van der Waals surface area contributed by atoms with Gasteiger partial charge in [0.05, 0.1) is 0 Å². The lowest BCUT2D eigenvalue weighted by molar-refractivity contribution is 0.474. The summed E-state index contributed by atoms with van der Waals surface area (Å²) in [6, 6.07) is 13.2. The van der Waals surface area contributed by atoms with Crippen LogP contribution in [0.3, 0.4) is 0 Å². The lowest BCUT2D eigenvalue weighted by Gasteiger charge is -2.10. The molecule has 0 radical (unpaired) electrons. The van der Waals surface area contributed by atoms with E-state index in [1.807, 2.05) is 24.3 Å². The molecule has 2 aromatic carbocycles. The topological polar surface area (TPSA) is 21.3 Å². The van der Waals surface area contributed by atoms with E-state index in [9.17, 15) is 4.39 Å². The van der Waals surface area contributed by atoms with Crippen molar-refractivity contribution in [1.29, 1.82) is 0 Å². The molecule has 0 atom stereocenters. The number of nitrogens with one attached hydrogen (secondary N) is 1. The molecule has 106 valence electrons. The number of benzene rings is 2. The van der Waals surface area contributed by atoms with E-state index in [2.05, 4.69) is 19.2 Å². The summed E-state index contributed by atoms with van der Waals surface area (Å²) in [5, 5.41) is 3.35. The van der Waals surface area contributed by atoms with Crippen molar-refractivity contribution in [3.05, 3.63) is 59.4 Å². The molecule has 2 rings (SSSR count). The third kappa shape index (κ3) is 4.07. The smallest absolute Gasteiger partial charge is 0.130 e. The van der Waals surface area contributed by atoms with Crippen LogP contribution in [0, 0.1) is 12.7 Å². The van der Waals surface area contributed by atoms with Gasteiger partial charge in [0.15, 0.2) is 0 Å². The van der Waals surface area contributed by atoms with Gasteiger partial charge < -0.3 is 10.1 Å². The van der Waals surface area contributed by atoms with Gasteiger partial charge in [-0.25, -0.2) is 4.39 Å². The SMILES string of the molecule is Cc1ccc(Oc2cccc(CNC(C)C)c2)cc1F. The van der Waals surface area contributed by atoms with E-state index in [-0.39, 0.29) is 5.82 Å². The summed E-state index contributed by atoms with van der Waals surface area (Å²) in [6.07, 6.45) is 0. The van der Waals surface area contributed by atoms with Gasteiger partial charge in [0.25, 0.3) is 0 Å². The number of rotatable bonds is 5. The average molecular weight is 273 g/mol. The first-order valence-electron chi connectivity index (χ1n) is 6.81. The van der Waals surface area contributed by atoms with Crippen molar-refractivity contribution in [2.45, 2.75) is 33.4 Å². The van der Waals surface area contributed by atoms with E-state index in [4.69, 9.17) is 4.74 Å². The second-order valence-electron chi connectivity index (χ2n) is 5.20. The predicted molar refractivity (Wildman–Crippen MR) is 79.6 cm³/mol. The zero-order valence-corrected chi connectivity index (χ0v) is 12.1. The molecule has 0 saturated carbocycles. The summed E-state index contributed by atoms with van der Waals surface area (Å²) in [4.78, 5) is 0. The number of aryl methyl sites for hydroxylation is 1. The first-order valence-corrected chi connectivity index (χ1v) is 6.81. The van der Waals surface area contributed by atoms with Crippen LogP contribution in [0.4, 0.5) is 4.39 Å². The van der Waals surface area contributed by atoms with Crippen LogP contribution in [-0.2, 0) is 6.54 Å². The summed E-state index contributed by atoms with van der Waals surface area (Å²) in [5.74, 6) is 0.985. The maximum Gasteiger partial charge on any atom is 0.130 e. The number of hydrogen-bond acceptors (Lipinski definition) is 2. The van der Waals surface area contributed by atoms with Gasteiger partial charge >= 0.3 is 0 Å². The lowest BCUT2D eigenvalue weighted by atomic mass is 10.2. The fourth-order valence-corrected chi connectivity index (χ4v) is 1.81. The van der Waals surface area contributed by atoms with E-state index >= 15 is 0 Å². The Kier molecular flexibility index (Phi) is 4.74. The summed E-state index contributed by atoms with van der Waals surface area (Å²) in [5.41, 5.74) is 1.76. The molecule has 2 nitrogen and oxygen atoms in total. The summed E-state index contributed by atoms with van der Waals surface area (Å²) < 4.78 is 19.2. The molecule has 2 aromatic rings. The summed E-state index contributed by atoms with van der Waals surface area (Å²) in [7, 11) is 0. The van der Waals surface area contributed by atoms with E-state index in [1.54, 1.807) is 19.1 Å². The number of hydrogen-bond donors (Lipinski definition) is 1. The van der Waals surface area contributed by atoms with Crippen LogP contribution >= 0.6 is 0 Å². The molecule has 3 heteroatoms. The van der Waals surface area contributed by atoms with Gasteiger partial charge in [-0.15, -0.1) is 0 Å². The van der Waals surface area contributed by atoms with E-state index in [1.165, 1.54) is 6.07 Å². The van der Waals surface area contributed by atoms with E-state index < -0.39 is 0 Å². The fraction of sp³-hybridized carbons (Fsp3) is 0.294. The quantitative estimate of drug-likeness (QED) is 0.870. The highest BCUT2D eigenvalue weighted by molar-refractivity contribution is 5.35. The van der Waals surface area contributed by atoms with Crippen LogP contribution in [0.25, 0.3) is 0 Å². The van der Waals surface area contributed by atoms with Crippen molar-refractivity contribution in [3.8, 4) is 11.5 Å². The van der Waals surface area contributed by atoms with Gasteiger partial charge in [-0.2, -0.15) is 0 Å². The highest BCUT2D eigenvalue weighted by Crippen LogP contribution is 2.24. The molecule has 0 unspecified atom stereocenters. The Morgan fingerprint density at radius 1 is 1.10 bits per heavy atom. The first kappa shape index (κ1) is 14.5. The monoisotopic (exact) mass is 273 g/mol. The second-order valence-corrected chi connectivity index (χ2v) is 5.20. The fourth-order valence-electron chi connectivity index (χ4n) is 1.81. The van der Waals surface area contributed by atoms with Crippen LogP contribution in [0.15, 0.2) is 42.5 Å². The Bertz CT molecular complexity index is 581. The second kappa shape index (κ2) is 6.53. The number of halogens is 1. The van der Waals surface area contributed by atoms with E-state index in [0.717, 1.165) is 17.9 Å². The molecule has 0 aliphatic heterocycles. The summed E-state index contributed by atoms with van der Waals surface area (Å²) >= 11 is 0. The Labute approximate surface area is 119 Å². The molecule has 0 aromatic heterocycles. The Morgan fingerprint density at radius 3 is 2.55 bits per heavy atom. The molecule has 0 heterocycles. The minimum Gasteiger partial charge on any atom is -0.457 e. The molecule has 0 aliphatic carbocycles. The molecule has 0 spiro atoms. The highest BCUT2D eigenvalue weighted by Gasteiger charge is 2.03. The van der Waals surface area contributed by atoms with Crippen LogP contribution in [-0.4, -0.2) is 6.04 Å². The maximum atomic E-state index is 13.5. The zero-order valence-electron chi connectivity index (χ0n) is 12.1. The Hall–Kier alpha value is -1.87. The minimum absolute atomic E-state index is 0.250. The molecule has 0 saturated heterocycles. The third-order valence-electron chi connectivity index (χ3n) is 2.99.